The largest absolute Gasteiger partial charge is 0.330 e. The highest BCUT2D eigenvalue weighted by atomic mass is 15.0. The lowest BCUT2D eigenvalue weighted by Crippen LogP contribution is -2.12. The van der Waals surface area contributed by atoms with Crippen molar-refractivity contribution in [3.63, 3.8) is 0 Å². The number of nitrogens with two attached hydrogens (primary N) is 1. The molecule has 102 valence electrons. The number of nitrogens with zero attached hydrogens (tertiary/aromatic N) is 2. The molecule has 0 spiro atoms. The number of aromatic nitrogens is 2. The molecule has 0 radical (unpaired) electrons. The highest BCUT2D eigenvalue weighted by molar-refractivity contribution is 5.67. The molecule has 1 atom stereocenters. The van der Waals surface area contributed by atoms with Gasteiger partial charge in [-0.15, -0.1) is 0 Å². The standard InChI is InChI=1S/C17H19N3/c1-12-8-9-15-19-16(14-6-4-3-5-7-14)17(13(2)10-18)20(15)11-12/h3-9,11,13H,10,18H2,1-2H3. The van der Waals surface area contributed by atoms with E-state index < -0.39 is 0 Å². The molecular formula is C17H19N3. The summed E-state index contributed by atoms with van der Waals surface area (Å²) in [6.45, 7) is 4.86. The monoisotopic (exact) mass is 265 g/mol. The lowest BCUT2D eigenvalue weighted by atomic mass is 10.0. The Morgan fingerprint density at radius 3 is 2.60 bits per heavy atom. The molecule has 0 aliphatic carbocycles. The van der Waals surface area contributed by atoms with Crippen LogP contribution in [0.2, 0.25) is 0 Å². The maximum atomic E-state index is 5.90. The SMILES string of the molecule is Cc1ccc2nc(-c3ccccc3)c(C(C)CN)n2c1. The van der Waals surface area contributed by atoms with Crippen LogP contribution in [0.3, 0.4) is 0 Å². The van der Waals surface area contributed by atoms with Gasteiger partial charge in [0.25, 0.3) is 0 Å². The van der Waals surface area contributed by atoms with E-state index in [1.807, 2.05) is 18.2 Å². The summed E-state index contributed by atoms with van der Waals surface area (Å²) in [5, 5.41) is 0. The van der Waals surface area contributed by atoms with Crippen LogP contribution in [-0.4, -0.2) is 15.9 Å². The van der Waals surface area contributed by atoms with Gasteiger partial charge in [-0.05, 0) is 18.6 Å². The Balaban J connectivity index is 2.31. The van der Waals surface area contributed by atoms with Gasteiger partial charge in [0, 0.05) is 24.2 Å². The highest BCUT2D eigenvalue weighted by Crippen LogP contribution is 2.29. The Hall–Kier alpha value is -2.13. The first-order valence-corrected chi connectivity index (χ1v) is 6.95. The van der Waals surface area contributed by atoms with Crippen LogP contribution in [0.5, 0.6) is 0 Å². The number of rotatable bonds is 3. The number of fused-ring (bicyclic) bond motifs is 1. The lowest BCUT2D eigenvalue weighted by Gasteiger charge is -2.11. The van der Waals surface area contributed by atoms with Crippen LogP contribution < -0.4 is 5.73 Å². The number of pyridine rings is 1. The Morgan fingerprint density at radius 1 is 1.15 bits per heavy atom. The first-order chi connectivity index (χ1) is 9.70. The van der Waals surface area contributed by atoms with Crippen LogP contribution in [0.15, 0.2) is 48.7 Å². The molecule has 3 aromatic rings. The van der Waals surface area contributed by atoms with E-state index in [0.717, 1.165) is 16.9 Å². The Kier molecular flexibility index (Phi) is 3.28. The van der Waals surface area contributed by atoms with Crippen LogP contribution in [0.25, 0.3) is 16.9 Å². The van der Waals surface area contributed by atoms with E-state index in [1.165, 1.54) is 11.3 Å². The normalized spacial score (nSPS) is 12.8. The average molecular weight is 265 g/mol. The van der Waals surface area contributed by atoms with E-state index in [4.69, 9.17) is 10.7 Å². The molecule has 0 fully saturated rings. The fraction of sp³-hybridized carbons (Fsp3) is 0.235. The van der Waals surface area contributed by atoms with Crippen molar-refractivity contribution in [2.24, 2.45) is 5.73 Å². The summed E-state index contributed by atoms with van der Waals surface area (Å²) in [6.07, 6.45) is 2.14. The topological polar surface area (TPSA) is 43.3 Å². The van der Waals surface area contributed by atoms with Crippen molar-refractivity contribution < 1.29 is 0 Å². The van der Waals surface area contributed by atoms with Gasteiger partial charge in [0.1, 0.15) is 5.65 Å². The molecule has 2 N–H and O–H groups in total. The predicted molar refractivity (Wildman–Crippen MR) is 82.8 cm³/mol. The Bertz CT molecular complexity index is 729. The van der Waals surface area contributed by atoms with E-state index in [-0.39, 0.29) is 5.92 Å². The minimum absolute atomic E-state index is 0.266. The Labute approximate surface area is 119 Å². The highest BCUT2D eigenvalue weighted by Gasteiger charge is 2.18. The van der Waals surface area contributed by atoms with Gasteiger partial charge >= 0.3 is 0 Å². The van der Waals surface area contributed by atoms with Crippen LogP contribution in [0.4, 0.5) is 0 Å². The van der Waals surface area contributed by atoms with Crippen LogP contribution >= 0.6 is 0 Å². The molecule has 1 unspecified atom stereocenters. The third-order valence-electron chi connectivity index (χ3n) is 3.67. The third kappa shape index (κ3) is 2.10. The fourth-order valence-electron chi connectivity index (χ4n) is 2.56. The molecule has 0 amide bonds. The molecule has 0 aliphatic rings. The smallest absolute Gasteiger partial charge is 0.137 e. The third-order valence-corrected chi connectivity index (χ3v) is 3.67. The molecule has 20 heavy (non-hydrogen) atoms. The number of aryl methyl sites for hydroxylation is 1. The second-order valence-corrected chi connectivity index (χ2v) is 5.28. The molecule has 2 heterocycles. The lowest BCUT2D eigenvalue weighted by molar-refractivity contribution is 0.738. The summed E-state index contributed by atoms with van der Waals surface area (Å²) in [6, 6.07) is 14.5. The van der Waals surface area contributed by atoms with Crippen LogP contribution in [0.1, 0.15) is 24.1 Å². The van der Waals surface area contributed by atoms with Crippen molar-refractivity contribution in [1.29, 1.82) is 0 Å². The Morgan fingerprint density at radius 2 is 1.90 bits per heavy atom. The van der Waals surface area contributed by atoms with Gasteiger partial charge in [0.15, 0.2) is 0 Å². The molecule has 3 heteroatoms. The maximum Gasteiger partial charge on any atom is 0.137 e. The molecule has 3 rings (SSSR count). The maximum absolute atomic E-state index is 5.90. The molecule has 0 saturated heterocycles. The molecule has 0 bridgehead atoms. The summed E-state index contributed by atoms with van der Waals surface area (Å²) in [7, 11) is 0. The van der Waals surface area contributed by atoms with Gasteiger partial charge in [0.05, 0.1) is 11.4 Å². The molecular weight excluding hydrogens is 246 g/mol. The van der Waals surface area contributed by atoms with Gasteiger partial charge in [-0.2, -0.15) is 0 Å². The van der Waals surface area contributed by atoms with Gasteiger partial charge in [0.2, 0.25) is 0 Å². The summed E-state index contributed by atoms with van der Waals surface area (Å²) in [4.78, 5) is 4.80. The van der Waals surface area contributed by atoms with Crippen molar-refractivity contribution in [3.8, 4) is 11.3 Å². The predicted octanol–water partition coefficient (Wildman–Crippen LogP) is 3.37. The summed E-state index contributed by atoms with van der Waals surface area (Å²) in [5.74, 6) is 0.266. The first kappa shape index (κ1) is 12.9. The second-order valence-electron chi connectivity index (χ2n) is 5.28. The van der Waals surface area contributed by atoms with Crippen molar-refractivity contribution in [1.82, 2.24) is 9.38 Å². The summed E-state index contributed by atoms with van der Waals surface area (Å²) >= 11 is 0. The summed E-state index contributed by atoms with van der Waals surface area (Å²) in [5.41, 5.74) is 11.5. The van der Waals surface area contributed by atoms with Crippen LogP contribution in [-0.2, 0) is 0 Å². The van der Waals surface area contributed by atoms with Gasteiger partial charge in [-0.1, -0.05) is 43.3 Å². The number of imidazole rings is 1. The van der Waals surface area contributed by atoms with E-state index in [2.05, 4.69) is 48.7 Å². The van der Waals surface area contributed by atoms with E-state index in [9.17, 15) is 0 Å². The molecule has 1 aromatic carbocycles. The van der Waals surface area contributed by atoms with Crippen molar-refractivity contribution in [3.05, 3.63) is 59.9 Å². The van der Waals surface area contributed by atoms with E-state index in [0.29, 0.717) is 6.54 Å². The minimum atomic E-state index is 0.266. The number of benzene rings is 1. The zero-order valence-electron chi connectivity index (χ0n) is 11.9. The van der Waals surface area contributed by atoms with Crippen LogP contribution in [0, 0.1) is 6.92 Å². The zero-order valence-corrected chi connectivity index (χ0v) is 11.9. The van der Waals surface area contributed by atoms with Gasteiger partial charge in [-0.25, -0.2) is 4.98 Å². The molecule has 0 saturated carbocycles. The quantitative estimate of drug-likeness (QED) is 0.789. The van der Waals surface area contributed by atoms with Crippen molar-refractivity contribution >= 4 is 5.65 Å². The molecule has 0 aliphatic heterocycles. The first-order valence-electron chi connectivity index (χ1n) is 6.95. The fourth-order valence-corrected chi connectivity index (χ4v) is 2.56. The van der Waals surface area contributed by atoms with Gasteiger partial charge in [-0.3, -0.25) is 0 Å². The van der Waals surface area contributed by atoms with Gasteiger partial charge < -0.3 is 10.1 Å². The number of hydrogen-bond donors (Lipinski definition) is 1. The zero-order chi connectivity index (χ0) is 14.1. The molecule has 2 aromatic heterocycles. The average Bonchev–Trinajstić information content (AvgIpc) is 2.86. The van der Waals surface area contributed by atoms with Crippen molar-refractivity contribution in [2.45, 2.75) is 19.8 Å². The van der Waals surface area contributed by atoms with E-state index in [1.54, 1.807) is 0 Å². The summed E-state index contributed by atoms with van der Waals surface area (Å²) < 4.78 is 2.18. The second kappa shape index (κ2) is 5.10. The molecule has 3 nitrogen and oxygen atoms in total. The van der Waals surface area contributed by atoms with E-state index >= 15 is 0 Å². The van der Waals surface area contributed by atoms with Crippen molar-refractivity contribution in [2.75, 3.05) is 6.54 Å². The number of hydrogen-bond acceptors (Lipinski definition) is 2. The minimum Gasteiger partial charge on any atom is -0.330 e.